The fourth-order valence-electron chi connectivity index (χ4n) is 17.2. The molecule has 4 aliphatic heterocycles. The van der Waals surface area contributed by atoms with Crippen molar-refractivity contribution in [2.24, 2.45) is 0 Å². The number of benzene rings is 10. The summed E-state index contributed by atoms with van der Waals surface area (Å²) in [6.45, 7) is 66.4. The van der Waals surface area contributed by atoms with Crippen molar-refractivity contribution in [2.45, 2.75) is 267 Å². The van der Waals surface area contributed by atoms with Crippen LogP contribution in [-0.4, -0.2) is 98.6 Å². The molecule has 0 bridgehead atoms. The molecule has 0 aliphatic carbocycles. The first-order chi connectivity index (χ1) is 69.8. The van der Waals surface area contributed by atoms with Crippen LogP contribution in [0.15, 0.2) is 234 Å². The number of nitrogens with zero attached hydrogens (tertiary/aromatic N) is 6. The molecular formula is C118H156Cl8N6O8Ru4S2Si2-4. The third-order valence-electron chi connectivity index (χ3n) is 25.7. The van der Waals surface area contributed by atoms with Crippen LogP contribution >= 0.6 is 101 Å². The van der Waals surface area contributed by atoms with Crippen molar-refractivity contribution >= 4 is 171 Å². The van der Waals surface area contributed by atoms with E-state index in [-0.39, 0.29) is 35.5 Å². The summed E-state index contributed by atoms with van der Waals surface area (Å²) >= 11 is -3.49. The molecule has 1 atom stereocenters. The topological polar surface area (TPSA) is 89.4 Å². The van der Waals surface area contributed by atoms with Crippen LogP contribution in [0, 0.1) is 109 Å². The minimum atomic E-state index is -2.05. The van der Waals surface area contributed by atoms with Crippen LogP contribution in [0.3, 0.4) is 0 Å². The molecule has 0 spiro atoms. The van der Waals surface area contributed by atoms with Gasteiger partial charge in [0.05, 0.1) is 0 Å². The Bertz CT molecular complexity index is 5840. The summed E-state index contributed by atoms with van der Waals surface area (Å²) in [7, 11) is 58.8. The van der Waals surface area contributed by atoms with Gasteiger partial charge in [-0.2, -0.15) is 25.1 Å². The van der Waals surface area contributed by atoms with Crippen LogP contribution < -0.4 is 34.1 Å². The van der Waals surface area contributed by atoms with Gasteiger partial charge in [-0.3, -0.25) is 32.4 Å². The minimum absolute atomic E-state index is 0.00973. The Kier molecular flexibility index (Phi) is 57.1. The van der Waals surface area contributed by atoms with Crippen LogP contribution in [0.5, 0.6) is 23.0 Å². The quantitative estimate of drug-likeness (QED) is 0.0293. The Hall–Kier alpha value is -5.37. The van der Waals surface area contributed by atoms with E-state index in [9.17, 15) is 0 Å². The van der Waals surface area contributed by atoms with Crippen LogP contribution in [0.25, 0.3) is 0 Å². The van der Waals surface area contributed by atoms with E-state index in [2.05, 4.69) is 384 Å². The molecule has 30 heteroatoms. The second kappa shape index (κ2) is 64.3. The molecule has 0 amide bonds. The van der Waals surface area contributed by atoms with E-state index >= 15 is 0 Å². The number of ether oxygens (including phenoxy) is 1. The Morgan fingerprint density at radius 2 is 0.750 bits per heavy atom. The number of hydrogen-bond acceptors (Lipinski definition) is 13. The predicted molar refractivity (Wildman–Crippen MR) is 640 cm³/mol. The van der Waals surface area contributed by atoms with E-state index in [4.69, 9.17) is 100 Å². The van der Waals surface area contributed by atoms with E-state index in [1.807, 2.05) is 153 Å². The van der Waals surface area contributed by atoms with Gasteiger partial charge in [0.25, 0.3) is 0 Å². The van der Waals surface area contributed by atoms with Gasteiger partial charge >= 0.3 is 429 Å². The number of anilines is 6. The molecule has 0 radical (unpaired) electrons. The summed E-state index contributed by atoms with van der Waals surface area (Å²) in [4.78, 5) is 17.2. The van der Waals surface area contributed by atoms with Gasteiger partial charge in [-0.05, 0) is 246 Å². The zero-order chi connectivity index (χ0) is 111. The van der Waals surface area contributed by atoms with Gasteiger partial charge in [-0.1, -0.05) is 122 Å². The Morgan fingerprint density at radius 1 is 0.439 bits per heavy atom. The molecule has 0 N–H and O–H groups in total. The van der Waals surface area contributed by atoms with Gasteiger partial charge in [0.1, 0.15) is 0 Å². The first-order valence-electron chi connectivity index (χ1n) is 49.0. The number of para-hydroxylation sites is 7. The molecule has 818 valence electrons. The Labute approximate surface area is 954 Å². The van der Waals surface area contributed by atoms with Crippen molar-refractivity contribution in [3.63, 3.8) is 0 Å². The van der Waals surface area contributed by atoms with Crippen molar-refractivity contribution in [3.8, 4) is 23.0 Å². The van der Waals surface area contributed by atoms with Crippen molar-refractivity contribution in [2.75, 3.05) is 50.2 Å². The van der Waals surface area contributed by atoms with E-state index in [0.717, 1.165) is 83.5 Å². The van der Waals surface area contributed by atoms with Crippen molar-refractivity contribution < 1.29 is 89.7 Å². The average Bonchev–Trinajstić information content (AvgIpc) is 1.57. The molecule has 2 saturated heterocycles. The van der Waals surface area contributed by atoms with Crippen molar-refractivity contribution in [3.05, 3.63) is 363 Å². The first-order valence-corrected chi connectivity index (χ1v) is 76.1. The van der Waals surface area contributed by atoms with Gasteiger partial charge in [-0.25, -0.2) is 0 Å². The maximum atomic E-state index is 8.40. The standard InChI is InChI=1S/C27H41N2O2Si.C19H23N2.C15H20NS.C14H18NS.3C11H14O.C10H12O.8ClH.O2Si.4Ru/c1-19-13-21(3)26(22(4)14-19)28-17-25(11-10-12-32(9,30-7)31-8)29(18-28)27-23(5)15-20(2)16-24(27)6;1-18(2)19(3,4)21(17-13-9-6-10-14-17)15-20(18)16-11-7-5-8-12-16;1-5-13-8-7-9-14(6-2)15(13)16-10-17-12(4)11(16)3;1-9-6-10(2)14(11(3)7-9)15-8-16-13(5)12(15)4;3*1-9(2)12(4)11-8-6-5-7-10(11)3;1-8(2)11-10-7-5-4-6-9(10)3;;;;;;;;;1-3-2;;;;/h13-16,18,25H,10-12,17H2,1-9H3;5-15H,1-4H3;7-10H,5-6H2,1-4H3;6-8H,1-5H3;3*3,5-9H,4H2,1-2H3;3-8H,1-2H3;8*1H;;;;;/q4*-1;;;;;;;;;;;;;;4*+2/p-8. The molecule has 4 heterocycles. The number of rotatable bonds is 26. The molecule has 0 aromatic heterocycles. The van der Waals surface area contributed by atoms with E-state index in [1.165, 1.54) is 117 Å². The van der Waals surface area contributed by atoms with E-state index < -0.39 is 71.9 Å². The second-order valence-corrected chi connectivity index (χ2v) is 67.1. The van der Waals surface area contributed by atoms with E-state index in [0.29, 0.717) is 6.04 Å². The summed E-state index contributed by atoms with van der Waals surface area (Å²) in [6, 6.07) is 74.5. The number of allylic oxidation sites excluding steroid dienone is 4. The van der Waals surface area contributed by atoms with Gasteiger partial charge in [-0.15, -0.1) is 0 Å². The van der Waals surface area contributed by atoms with Crippen LogP contribution in [-0.2, 0) is 97.8 Å². The number of aryl methyl sites for hydroxylation is 11. The van der Waals surface area contributed by atoms with Gasteiger partial charge in [0.2, 0.25) is 0 Å². The predicted octanol–water partition coefficient (Wildman–Crippen LogP) is 36.1. The summed E-state index contributed by atoms with van der Waals surface area (Å²) in [6.07, 6.45) is 5.36. The molecule has 148 heavy (non-hydrogen) atoms. The third kappa shape index (κ3) is 39.2. The number of halogens is 8. The molecular weight excluding hydrogens is 2440 g/mol. The van der Waals surface area contributed by atoms with Crippen molar-refractivity contribution in [1.29, 1.82) is 0 Å². The molecule has 0 saturated carbocycles. The van der Waals surface area contributed by atoms with Crippen LogP contribution in [0.2, 0.25) is 12.6 Å². The van der Waals surface area contributed by atoms with Gasteiger partial charge in [0.15, 0.2) is 0 Å². The average molecular weight is 2590 g/mol. The Balaban J connectivity index is 0.000000262. The zero-order valence-corrected chi connectivity index (χ0v) is 108. The second-order valence-electron chi connectivity index (χ2n) is 38.3. The SMILES string of the molecule is CC(C)Oc1ccccc1[CH]=[Ru]([Cl])[Cl].CC1(C)N(c2ccccc2)[CH-]N(c2ccccc2)C1(C)C.CC1=C(C)N(c2c(C)cc(C)cc2C)[CH-]S1.CCc1cccc(CC)c1N1[CH-]SC(C)=C1C.CO[Si](C)(CCCC1CN(c2c(C)cc(C)cc2C)[CH-]N1c1c(C)cc(C)cc1C)OC.O=[Si]=O.[CH2-][O+](c1ccccc1[CH]=[Ru]([Cl])[Cl])C(C)C.[CH2-][O+](c1ccccc1[CH]=[Ru]([Cl])[Cl])C(C)C.[CH2-][O+](c1ccccc1[CH]=[Ru]([Cl])[Cl])C(C)C. The molecule has 10 aromatic carbocycles. The molecule has 4 aliphatic rings. The number of hydrogen-bond donors (Lipinski definition) is 0. The molecule has 1 unspecified atom stereocenters. The fourth-order valence-corrected chi connectivity index (χ4v) is 27.4. The summed E-state index contributed by atoms with van der Waals surface area (Å²) in [5.74, 6) is 8.27. The molecule has 10 aromatic rings. The Morgan fingerprint density at radius 3 is 1.07 bits per heavy atom. The summed E-state index contributed by atoms with van der Waals surface area (Å²) in [5, 5.41) is 0. The van der Waals surface area contributed by atoms with Crippen molar-refractivity contribution in [1.82, 2.24) is 0 Å². The number of thioether (sulfide) groups is 2. The first kappa shape index (κ1) is 131. The monoisotopic (exact) mass is 2590 g/mol. The molecule has 14 rings (SSSR count). The van der Waals surface area contributed by atoms with Crippen LogP contribution in [0.4, 0.5) is 34.1 Å². The molecule has 2 fully saturated rings. The normalized spacial score (nSPS) is 14.6. The third-order valence-corrected chi connectivity index (χ3v) is 38.0. The van der Waals surface area contributed by atoms with Gasteiger partial charge < -0.3 is 38.3 Å². The van der Waals surface area contributed by atoms with E-state index in [1.54, 1.807) is 14.2 Å². The maximum absolute atomic E-state index is 8.40. The van der Waals surface area contributed by atoms with Gasteiger partial charge in [0, 0.05) is 72.0 Å². The summed E-state index contributed by atoms with van der Waals surface area (Å²) < 4.78 is 50.0. The molecule has 14 nitrogen and oxygen atoms in total. The summed E-state index contributed by atoms with van der Waals surface area (Å²) in [5.41, 5.74) is 29.6. The zero-order valence-electron chi connectivity index (χ0n) is 91.8. The fraction of sp³-hybridized carbons (Fsp3) is 0.364. The van der Waals surface area contributed by atoms with Crippen LogP contribution in [0.1, 0.15) is 221 Å².